The van der Waals surface area contributed by atoms with Crippen LogP contribution in [0.3, 0.4) is 0 Å². The topological polar surface area (TPSA) is 97.2 Å². The van der Waals surface area contributed by atoms with E-state index in [1.54, 1.807) is 28.9 Å². The number of rotatable bonds is 7. The van der Waals surface area contributed by atoms with Gasteiger partial charge < -0.3 is 19.3 Å². The van der Waals surface area contributed by atoms with Crippen molar-refractivity contribution in [1.29, 1.82) is 0 Å². The highest BCUT2D eigenvalue weighted by atomic mass is 32.2. The zero-order valence-corrected chi connectivity index (χ0v) is 27.3. The molecule has 0 bridgehead atoms. The second kappa shape index (κ2) is 13.3. The fourth-order valence-electron chi connectivity index (χ4n) is 6.05. The molecule has 0 radical (unpaired) electrons. The average Bonchev–Trinajstić information content (AvgIpc) is 3.41. The summed E-state index contributed by atoms with van der Waals surface area (Å²) in [7, 11) is 3.20. The molecule has 2 aliphatic heterocycles. The molecule has 1 fully saturated rings. The van der Waals surface area contributed by atoms with E-state index in [0.29, 0.717) is 43.5 Å². The molecule has 3 heterocycles. The SMILES string of the molecule is COc1ccc([C@@H]2SCC(=O)N(CC(=O)N3CCN(C(C)=O)CC3)c3c2c(-c2ccccc2)nn3-c2cccc(C)c2)cc1OC. The lowest BCUT2D eigenvalue weighted by Crippen LogP contribution is -2.53. The summed E-state index contributed by atoms with van der Waals surface area (Å²) in [5.74, 6) is 1.55. The number of nitrogens with zero attached hydrogens (tertiary/aromatic N) is 5. The van der Waals surface area contributed by atoms with Crippen LogP contribution in [0, 0.1) is 6.92 Å². The first-order chi connectivity index (χ1) is 22.3. The summed E-state index contributed by atoms with van der Waals surface area (Å²) in [6.07, 6.45) is 0. The zero-order chi connectivity index (χ0) is 32.4. The normalized spacial score (nSPS) is 16.6. The molecule has 0 unspecified atom stereocenters. The Kier molecular flexibility index (Phi) is 9.03. The Labute approximate surface area is 272 Å². The molecule has 238 valence electrons. The van der Waals surface area contributed by atoms with Gasteiger partial charge in [-0.1, -0.05) is 48.5 Å². The first-order valence-corrected chi connectivity index (χ1v) is 16.3. The fraction of sp³-hybridized carbons (Fsp3) is 0.314. The van der Waals surface area contributed by atoms with Crippen molar-refractivity contribution in [3.05, 3.63) is 89.5 Å². The standard InChI is InChI=1S/C35H37N5O5S/c1-23-9-8-12-27(19-23)40-35-32(33(36-40)25-10-6-5-7-11-25)34(26-13-14-28(44-3)29(20-26)45-4)46-22-31(43)39(35)21-30(42)38-17-15-37(16-18-38)24(2)41/h5-14,19-20,34H,15-18,21-22H2,1-4H3/t34-/m0/s1. The van der Waals surface area contributed by atoms with Gasteiger partial charge in [0.1, 0.15) is 12.4 Å². The molecule has 3 amide bonds. The van der Waals surface area contributed by atoms with E-state index in [1.165, 1.54) is 18.7 Å². The number of carbonyl (C=O) groups excluding carboxylic acids is 3. The van der Waals surface area contributed by atoms with Gasteiger partial charge in [0.05, 0.1) is 36.6 Å². The Balaban J connectivity index is 1.53. The van der Waals surface area contributed by atoms with E-state index in [4.69, 9.17) is 14.6 Å². The number of piperazine rings is 1. The number of aromatic nitrogens is 2. The van der Waals surface area contributed by atoms with Crippen molar-refractivity contribution in [2.45, 2.75) is 19.1 Å². The van der Waals surface area contributed by atoms with Gasteiger partial charge >= 0.3 is 0 Å². The maximum absolute atomic E-state index is 14.1. The Bertz CT molecular complexity index is 1770. The van der Waals surface area contributed by atoms with Gasteiger partial charge in [0.25, 0.3) is 0 Å². The molecule has 1 saturated heterocycles. The molecule has 6 rings (SSSR count). The van der Waals surface area contributed by atoms with E-state index in [2.05, 4.69) is 0 Å². The number of aryl methyl sites for hydroxylation is 1. The van der Waals surface area contributed by atoms with Crippen LogP contribution in [0.15, 0.2) is 72.8 Å². The summed E-state index contributed by atoms with van der Waals surface area (Å²) in [6, 6.07) is 23.7. The zero-order valence-electron chi connectivity index (χ0n) is 26.4. The molecule has 4 aromatic rings. The minimum atomic E-state index is -0.313. The number of ether oxygens (including phenoxy) is 2. The summed E-state index contributed by atoms with van der Waals surface area (Å²) >= 11 is 1.50. The van der Waals surface area contributed by atoms with Gasteiger partial charge in [-0.2, -0.15) is 5.10 Å². The van der Waals surface area contributed by atoms with Gasteiger partial charge in [-0.3, -0.25) is 19.3 Å². The molecular weight excluding hydrogens is 602 g/mol. The number of amides is 3. The molecule has 1 aromatic heterocycles. The number of benzene rings is 3. The molecule has 11 heteroatoms. The lowest BCUT2D eigenvalue weighted by atomic mass is 9.99. The predicted molar refractivity (Wildman–Crippen MR) is 179 cm³/mol. The van der Waals surface area contributed by atoms with Crippen molar-refractivity contribution in [3.63, 3.8) is 0 Å². The largest absolute Gasteiger partial charge is 0.493 e. The molecule has 3 aromatic carbocycles. The maximum atomic E-state index is 14.1. The van der Waals surface area contributed by atoms with Gasteiger partial charge in [0, 0.05) is 44.2 Å². The Hall–Kier alpha value is -4.77. The van der Waals surface area contributed by atoms with Crippen molar-refractivity contribution in [3.8, 4) is 28.4 Å². The predicted octanol–water partition coefficient (Wildman–Crippen LogP) is 4.72. The Morgan fingerprint density at radius 3 is 2.28 bits per heavy atom. The average molecular weight is 640 g/mol. The van der Waals surface area contributed by atoms with Crippen LogP contribution in [-0.4, -0.2) is 90.0 Å². The Morgan fingerprint density at radius 1 is 0.891 bits per heavy atom. The highest BCUT2D eigenvalue weighted by Crippen LogP contribution is 2.49. The minimum Gasteiger partial charge on any atom is -0.493 e. The molecule has 0 aliphatic carbocycles. The van der Waals surface area contributed by atoms with Crippen molar-refractivity contribution in [2.24, 2.45) is 0 Å². The van der Waals surface area contributed by atoms with Crippen LogP contribution < -0.4 is 14.4 Å². The highest BCUT2D eigenvalue weighted by Gasteiger charge is 2.39. The number of anilines is 1. The fourth-order valence-corrected chi connectivity index (χ4v) is 7.24. The van der Waals surface area contributed by atoms with Crippen molar-refractivity contribution in [1.82, 2.24) is 19.6 Å². The molecule has 0 saturated carbocycles. The van der Waals surface area contributed by atoms with E-state index < -0.39 is 0 Å². The second-order valence-corrected chi connectivity index (χ2v) is 12.5. The molecular formula is C35H37N5O5S. The molecule has 1 atom stereocenters. The lowest BCUT2D eigenvalue weighted by molar-refractivity contribution is -0.137. The summed E-state index contributed by atoms with van der Waals surface area (Å²) in [4.78, 5) is 45.0. The van der Waals surface area contributed by atoms with Gasteiger partial charge in [0.2, 0.25) is 17.7 Å². The van der Waals surface area contributed by atoms with Crippen LogP contribution in [0.25, 0.3) is 16.9 Å². The third-order valence-electron chi connectivity index (χ3n) is 8.46. The highest BCUT2D eigenvalue weighted by molar-refractivity contribution is 8.00. The summed E-state index contributed by atoms with van der Waals surface area (Å²) in [5, 5.41) is 4.87. The second-order valence-electron chi connectivity index (χ2n) is 11.4. The van der Waals surface area contributed by atoms with Crippen molar-refractivity contribution in [2.75, 3.05) is 57.6 Å². The van der Waals surface area contributed by atoms with E-state index >= 15 is 0 Å². The van der Waals surface area contributed by atoms with Crippen LogP contribution in [0.4, 0.5) is 5.82 Å². The number of thioether (sulfide) groups is 1. The van der Waals surface area contributed by atoms with E-state index in [-0.39, 0.29) is 35.3 Å². The van der Waals surface area contributed by atoms with Crippen LogP contribution >= 0.6 is 11.8 Å². The third-order valence-corrected chi connectivity index (χ3v) is 9.72. The smallest absolute Gasteiger partial charge is 0.242 e. The summed E-state index contributed by atoms with van der Waals surface area (Å²) < 4.78 is 13.0. The number of carbonyl (C=O) groups is 3. The Morgan fingerprint density at radius 2 is 1.61 bits per heavy atom. The van der Waals surface area contributed by atoms with Crippen molar-refractivity contribution < 1.29 is 23.9 Å². The molecule has 2 aliphatic rings. The minimum absolute atomic E-state index is 0.00633. The van der Waals surface area contributed by atoms with Crippen LogP contribution in [0.2, 0.25) is 0 Å². The molecule has 0 spiro atoms. The van der Waals surface area contributed by atoms with Gasteiger partial charge in [-0.05, 0) is 42.3 Å². The van der Waals surface area contributed by atoms with Crippen LogP contribution in [0.5, 0.6) is 11.5 Å². The summed E-state index contributed by atoms with van der Waals surface area (Å²) in [5.41, 5.74) is 5.22. The molecule has 10 nitrogen and oxygen atoms in total. The van der Waals surface area contributed by atoms with Crippen LogP contribution in [0.1, 0.15) is 28.9 Å². The van der Waals surface area contributed by atoms with Gasteiger partial charge in [-0.25, -0.2) is 4.68 Å². The van der Waals surface area contributed by atoms with Crippen LogP contribution in [-0.2, 0) is 14.4 Å². The number of fused-ring (bicyclic) bond motifs is 1. The number of hydrogen-bond acceptors (Lipinski definition) is 7. The molecule has 46 heavy (non-hydrogen) atoms. The van der Waals surface area contributed by atoms with Gasteiger partial charge in [-0.15, -0.1) is 11.8 Å². The summed E-state index contributed by atoms with van der Waals surface area (Å²) in [6.45, 7) is 5.19. The first kappa shape index (κ1) is 31.2. The van der Waals surface area contributed by atoms with E-state index in [1.807, 2.05) is 84.4 Å². The number of hydrogen-bond donors (Lipinski definition) is 0. The number of methoxy groups -OCH3 is 2. The first-order valence-electron chi connectivity index (χ1n) is 15.2. The maximum Gasteiger partial charge on any atom is 0.242 e. The monoisotopic (exact) mass is 639 g/mol. The molecule has 0 N–H and O–H groups in total. The lowest BCUT2D eigenvalue weighted by Gasteiger charge is -2.35. The van der Waals surface area contributed by atoms with E-state index in [9.17, 15) is 14.4 Å². The quantitative estimate of drug-likeness (QED) is 0.289. The van der Waals surface area contributed by atoms with Gasteiger partial charge in [0.15, 0.2) is 11.5 Å². The third kappa shape index (κ3) is 6.06. The van der Waals surface area contributed by atoms with Crippen molar-refractivity contribution >= 4 is 35.3 Å². The van der Waals surface area contributed by atoms with E-state index in [0.717, 1.165) is 33.6 Å².